The van der Waals surface area contributed by atoms with Gasteiger partial charge in [0, 0.05) is 38.6 Å². The molecule has 2 aliphatic rings. The van der Waals surface area contributed by atoms with Gasteiger partial charge in [0.25, 0.3) is 0 Å². The Morgan fingerprint density at radius 3 is 2.90 bits per heavy atom. The van der Waals surface area contributed by atoms with E-state index in [1.54, 1.807) is 0 Å². The molecule has 0 bridgehead atoms. The van der Waals surface area contributed by atoms with Gasteiger partial charge < -0.3 is 24.8 Å². The van der Waals surface area contributed by atoms with Crippen LogP contribution in [0.2, 0.25) is 0 Å². The van der Waals surface area contributed by atoms with E-state index in [1.807, 2.05) is 18.3 Å². The Kier molecular flexibility index (Phi) is 9.53. The van der Waals surface area contributed by atoms with Crippen LogP contribution in [0.25, 0.3) is 0 Å². The van der Waals surface area contributed by atoms with E-state index in [4.69, 9.17) is 19.2 Å². The van der Waals surface area contributed by atoms with Crippen molar-refractivity contribution in [2.24, 2.45) is 4.99 Å². The Morgan fingerprint density at radius 2 is 2.10 bits per heavy atom. The molecule has 7 nitrogen and oxygen atoms in total. The molecule has 29 heavy (non-hydrogen) atoms. The standard InChI is InChI=1S/C22H36N4O3/c1-2-23-22(25-11-6-13-28-20-10-14-27-17-20)26-16-18-9-12-24-21(15-18)29-19-7-4-3-5-8-19/h9,12,15,19-20H,2-8,10-11,13-14,16-17H2,1H3,(H2,23,25,26). The first-order valence-electron chi connectivity index (χ1n) is 11.2. The molecule has 2 heterocycles. The van der Waals surface area contributed by atoms with Crippen LogP contribution in [0.4, 0.5) is 0 Å². The molecule has 3 rings (SSSR count). The monoisotopic (exact) mass is 404 g/mol. The second-order valence-electron chi connectivity index (χ2n) is 7.71. The number of aromatic nitrogens is 1. The van der Waals surface area contributed by atoms with Gasteiger partial charge in [-0.1, -0.05) is 6.42 Å². The van der Waals surface area contributed by atoms with Crippen LogP contribution < -0.4 is 15.4 Å². The van der Waals surface area contributed by atoms with Crippen molar-refractivity contribution in [2.45, 2.75) is 70.6 Å². The minimum Gasteiger partial charge on any atom is -0.474 e. The Bertz CT molecular complexity index is 614. The summed E-state index contributed by atoms with van der Waals surface area (Å²) in [4.78, 5) is 9.07. The van der Waals surface area contributed by atoms with Gasteiger partial charge in [-0.3, -0.25) is 0 Å². The summed E-state index contributed by atoms with van der Waals surface area (Å²) in [6, 6.07) is 4.01. The fraction of sp³-hybridized carbons (Fsp3) is 0.727. The quantitative estimate of drug-likeness (QED) is 0.355. The molecular weight excluding hydrogens is 368 g/mol. The highest BCUT2D eigenvalue weighted by molar-refractivity contribution is 5.79. The van der Waals surface area contributed by atoms with E-state index in [0.29, 0.717) is 12.6 Å². The average molecular weight is 405 g/mol. The van der Waals surface area contributed by atoms with Crippen molar-refractivity contribution in [1.29, 1.82) is 0 Å². The molecule has 1 aliphatic heterocycles. The molecule has 162 valence electrons. The molecular formula is C22H36N4O3. The van der Waals surface area contributed by atoms with Crippen LogP contribution in [0, 0.1) is 0 Å². The van der Waals surface area contributed by atoms with Crippen molar-refractivity contribution in [3.05, 3.63) is 23.9 Å². The third kappa shape index (κ3) is 8.19. The van der Waals surface area contributed by atoms with Crippen LogP contribution in [-0.4, -0.2) is 56.1 Å². The van der Waals surface area contributed by atoms with E-state index in [1.165, 1.54) is 19.3 Å². The van der Waals surface area contributed by atoms with Gasteiger partial charge in [-0.15, -0.1) is 0 Å². The first-order chi connectivity index (χ1) is 14.3. The van der Waals surface area contributed by atoms with Gasteiger partial charge in [-0.2, -0.15) is 0 Å². The van der Waals surface area contributed by atoms with Crippen molar-refractivity contribution in [3.63, 3.8) is 0 Å². The van der Waals surface area contributed by atoms with Gasteiger partial charge in [-0.05, 0) is 57.1 Å². The molecule has 0 amide bonds. The summed E-state index contributed by atoms with van der Waals surface area (Å²) in [6.07, 6.45) is 10.5. The highest BCUT2D eigenvalue weighted by atomic mass is 16.5. The van der Waals surface area contributed by atoms with Gasteiger partial charge >= 0.3 is 0 Å². The Labute approximate surface area is 174 Å². The fourth-order valence-corrected chi connectivity index (χ4v) is 3.65. The van der Waals surface area contributed by atoms with Crippen molar-refractivity contribution >= 4 is 5.96 Å². The van der Waals surface area contributed by atoms with Crippen molar-refractivity contribution in [2.75, 3.05) is 32.9 Å². The first kappa shape index (κ1) is 21.8. The molecule has 1 aromatic rings. The maximum atomic E-state index is 6.07. The van der Waals surface area contributed by atoms with Gasteiger partial charge in [0.1, 0.15) is 6.10 Å². The Hall–Kier alpha value is -1.86. The topological polar surface area (TPSA) is 77.0 Å². The molecule has 1 saturated carbocycles. The minimum absolute atomic E-state index is 0.272. The molecule has 1 atom stereocenters. The molecule has 1 aliphatic carbocycles. The first-order valence-corrected chi connectivity index (χ1v) is 11.2. The van der Waals surface area contributed by atoms with E-state index in [9.17, 15) is 0 Å². The van der Waals surface area contributed by atoms with E-state index >= 15 is 0 Å². The number of hydrogen-bond donors (Lipinski definition) is 2. The summed E-state index contributed by atoms with van der Waals surface area (Å²) < 4.78 is 17.2. The largest absolute Gasteiger partial charge is 0.474 e. The molecule has 1 aromatic heterocycles. The Morgan fingerprint density at radius 1 is 1.21 bits per heavy atom. The normalized spacial score (nSPS) is 20.6. The van der Waals surface area contributed by atoms with Gasteiger partial charge in [0.15, 0.2) is 5.96 Å². The maximum absolute atomic E-state index is 6.07. The summed E-state index contributed by atoms with van der Waals surface area (Å²) in [5.74, 6) is 1.54. The number of guanidine groups is 1. The molecule has 7 heteroatoms. The summed E-state index contributed by atoms with van der Waals surface area (Å²) in [5, 5.41) is 6.67. The molecule has 2 fully saturated rings. The summed E-state index contributed by atoms with van der Waals surface area (Å²) in [7, 11) is 0. The van der Waals surface area contributed by atoms with Crippen LogP contribution >= 0.6 is 0 Å². The van der Waals surface area contributed by atoms with Crippen LogP contribution in [0.3, 0.4) is 0 Å². The zero-order chi connectivity index (χ0) is 20.2. The third-order valence-corrected chi connectivity index (χ3v) is 5.26. The molecule has 0 spiro atoms. The van der Waals surface area contributed by atoms with Crippen molar-refractivity contribution < 1.29 is 14.2 Å². The van der Waals surface area contributed by atoms with E-state index < -0.39 is 0 Å². The predicted molar refractivity (Wildman–Crippen MR) is 114 cm³/mol. The zero-order valence-electron chi connectivity index (χ0n) is 17.7. The number of aliphatic imine (C=N–C) groups is 1. The molecule has 2 N–H and O–H groups in total. The van der Waals surface area contributed by atoms with Crippen LogP contribution in [0.5, 0.6) is 5.88 Å². The summed E-state index contributed by atoms with van der Waals surface area (Å²) in [6.45, 7) is 6.61. The predicted octanol–water partition coefficient (Wildman–Crippen LogP) is 3.04. The number of nitrogens with zero attached hydrogens (tertiary/aromatic N) is 2. The molecule has 0 aromatic carbocycles. The van der Waals surface area contributed by atoms with Crippen LogP contribution in [-0.2, 0) is 16.0 Å². The minimum atomic E-state index is 0.272. The van der Waals surface area contributed by atoms with Crippen LogP contribution in [0.1, 0.15) is 57.4 Å². The van der Waals surface area contributed by atoms with E-state index in [2.05, 4.69) is 22.5 Å². The average Bonchev–Trinajstić information content (AvgIpc) is 3.26. The lowest BCUT2D eigenvalue weighted by Crippen LogP contribution is -2.38. The van der Waals surface area contributed by atoms with Gasteiger partial charge in [0.2, 0.25) is 5.88 Å². The van der Waals surface area contributed by atoms with Crippen molar-refractivity contribution in [1.82, 2.24) is 15.6 Å². The second kappa shape index (κ2) is 12.6. The molecule has 0 radical (unpaired) electrons. The highest BCUT2D eigenvalue weighted by Crippen LogP contribution is 2.22. The number of pyridine rings is 1. The van der Waals surface area contributed by atoms with E-state index in [-0.39, 0.29) is 6.10 Å². The molecule has 1 unspecified atom stereocenters. The maximum Gasteiger partial charge on any atom is 0.213 e. The lowest BCUT2D eigenvalue weighted by atomic mass is 9.98. The third-order valence-electron chi connectivity index (χ3n) is 5.26. The smallest absolute Gasteiger partial charge is 0.213 e. The lowest BCUT2D eigenvalue weighted by Gasteiger charge is -2.22. The number of ether oxygens (including phenoxy) is 3. The van der Waals surface area contributed by atoms with Crippen LogP contribution in [0.15, 0.2) is 23.3 Å². The summed E-state index contributed by atoms with van der Waals surface area (Å²) in [5.41, 5.74) is 1.10. The SMILES string of the molecule is CCNC(=NCc1ccnc(OC2CCCCC2)c1)NCCCOC1CCOC1. The molecule has 1 saturated heterocycles. The number of rotatable bonds is 10. The van der Waals surface area contributed by atoms with E-state index in [0.717, 1.165) is 76.0 Å². The zero-order valence-corrected chi connectivity index (χ0v) is 17.7. The highest BCUT2D eigenvalue weighted by Gasteiger charge is 2.16. The second-order valence-corrected chi connectivity index (χ2v) is 7.71. The van der Waals surface area contributed by atoms with Crippen molar-refractivity contribution in [3.8, 4) is 5.88 Å². The number of hydrogen-bond acceptors (Lipinski definition) is 5. The Balaban J connectivity index is 1.41. The fourth-order valence-electron chi connectivity index (χ4n) is 3.65. The lowest BCUT2D eigenvalue weighted by molar-refractivity contribution is 0.0420. The summed E-state index contributed by atoms with van der Waals surface area (Å²) >= 11 is 0. The number of nitrogens with one attached hydrogen (secondary N) is 2. The van der Waals surface area contributed by atoms with Gasteiger partial charge in [0.05, 0.1) is 19.3 Å². The van der Waals surface area contributed by atoms with Gasteiger partial charge in [-0.25, -0.2) is 9.98 Å².